The molecule has 4 heterocycles. The second-order valence-electron chi connectivity index (χ2n) is 9.71. The smallest absolute Gasteiger partial charge is 0.338 e. The number of aromatic nitrogens is 1. The minimum atomic E-state index is -0.756. The van der Waals surface area contributed by atoms with E-state index in [-0.39, 0.29) is 12.2 Å². The molecule has 2 aromatic carbocycles. The van der Waals surface area contributed by atoms with Crippen LogP contribution < -0.4 is 24.5 Å². The number of rotatable bonds is 8. The Labute approximate surface area is 246 Å². The van der Waals surface area contributed by atoms with Gasteiger partial charge >= 0.3 is 5.97 Å². The molecule has 42 heavy (non-hydrogen) atoms. The van der Waals surface area contributed by atoms with E-state index in [0.29, 0.717) is 51.9 Å². The Hall–Kier alpha value is -4.41. The number of thiazole rings is 1. The number of esters is 1. The highest BCUT2D eigenvalue weighted by Gasteiger charge is 2.35. The van der Waals surface area contributed by atoms with Crippen LogP contribution in [0.1, 0.15) is 36.8 Å². The van der Waals surface area contributed by atoms with Crippen molar-refractivity contribution in [3.05, 3.63) is 109 Å². The van der Waals surface area contributed by atoms with Crippen molar-refractivity contribution in [1.82, 2.24) is 4.57 Å². The molecular formula is C32H31N3O6S. The predicted octanol–water partition coefficient (Wildman–Crippen LogP) is 3.76. The molecule has 9 nitrogen and oxygen atoms in total. The molecule has 1 saturated heterocycles. The highest BCUT2D eigenvalue weighted by Crippen LogP contribution is 2.35. The van der Waals surface area contributed by atoms with Crippen molar-refractivity contribution in [1.29, 1.82) is 0 Å². The van der Waals surface area contributed by atoms with Crippen molar-refractivity contribution >= 4 is 35.0 Å². The van der Waals surface area contributed by atoms with E-state index in [0.717, 1.165) is 30.1 Å². The van der Waals surface area contributed by atoms with Crippen LogP contribution in [0.5, 0.6) is 5.75 Å². The van der Waals surface area contributed by atoms with E-state index in [9.17, 15) is 9.59 Å². The maximum atomic E-state index is 14.1. The van der Waals surface area contributed by atoms with E-state index in [2.05, 4.69) is 4.90 Å². The van der Waals surface area contributed by atoms with Crippen molar-refractivity contribution < 1.29 is 23.4 Å². The summed E-state index contributed by atoms with van der Waals surface area (Å²) in [6, 6.07) is 19.9. The van der Waals surface area contributed by atoms with Crippen LogP contribution in [0, 0.1) is 0 Å². The Morgan fingerprint density at radius 2 is 1.79 bits per heavy atom. The van der Waals surface area contributed by atoms with Crippen molar-refractivity contribution in [2.45, 2.75) is 19.9 Å². The maximum absolute atomic E-state index is 14.1. The molecule has 6 rings (SSSR count). The summed E-state index contributed by atoms with van der Waals surface area (Å²) in [6.45, 7) is 7.18. The van der Waals surface area contributed by atoms with Crippen molar-refractivity contribution in [2.24, 2.45) is 4.99 Å². The highest BCUT2D eigenvalue weighted by molar-refractivity contribution is 7.07. The van der Waals surface area contributed by atoms with Gasteiger partial charge in [-0.1, -0.05) is 53.8 Å². The second-order valence-corrected chi connectivity index (χ2v) is 10.7. The van der Waals surface area contributed by atoms with E-state index in [1.807, 2.05) is 73.7 Å². The number of hydrogen-bond acceptors (Lipinski definition) is 9. The summed E-state index contributed by atoms with van der Waals surface area (Å²) in [5, 5.41) is 0. The van der Waals surface area contributed by atoms with Gasteiger partial charge in [-0.2, -0.15) is 0 Å². The number of furan rings is 1. The first kappa shape index (κ1) is 27.7. The summed E-state index contributed by atoms with van der Waals surface area (Å²) in [7, 11) is 0. The SMILES string of the molecule is CCOC(=O)C1=C(c2ccccc2)N=c2sc(=Cc3ccc(N4CCOCC4)o3)c(=O)n2C1c1ccc(OCC)cc1. The van der Waals surface area contributed by atoms with Gasteiger partial charge in [-0.3, -0.25) is 9.36 Å². The number of anilines is 1. The van der Waals surface area contributed by atoms with Gasteiger partial charge < -0.3 is 23.5 Å². The predicted molar refractivity (Wildman–Crippen MR) is 160 cm³/mol. The fourth-order valence-corrected chi connectivity index (χ4v) is 6.15. The monoisotopic (exact) mass is 585 g/mol. The lowest BCUT2D eigenvalue weighted by Crippen LogP contribution is -2.40. The van der Waals surface area contributed by atoms with Crippen LogP contribution in [0.2, 0.25) is 0 Å². The van der Waals surface area contributed by atoms with Crippen LogP contribution >= 0.6 is 11.3 Å². The van der Waals surface area contributed by atoms with E-state index in [1.54, 1.807) is 17.6 Å². The summed E-state index contributed by atoms with van der Waals surface area (Å²) in [6.07, 6.45) is 1.74. The zero-order valence-electron chi connectivity index (χ0n) is 23.4. The van der Waals surface area contributed by atoms with Crippen LogP contribution in [0.3, 0.4) is 0 Å². The molecule has 2 aliphatic rings. The van der Waals surface area contributed by atoms with Gasteiger partial charge in [-0.25, -0.2) is 9.79 Å². The summed E-state index contributed by atoms with van der Waals surface area (Å²) in [5.74, 6) is 1.48. The molecule has 0 radical (unpaired) electrons. The van der Waals surface area contributed by atoms with Gasteiger partial charge in [0.15, 0.2) is 10.7 Å². The number of benzene rings is 2. The Morgan fingerprint density at radius 1 is 1.02 bits per heavy atom. The molecule has 4 aromatic rings. The number of fused-ring (bicyclic) bond motifs is 1. The van der Waals surface area contributed by atoms with E-state index in [1.165, 1.54) is 11.3 Å². The minimum absolute atomic E-state index is 0.189. The first-order chi connectivity index (χ1) is 20.6. The van der Waals surface area contributed by atoms with Gasteiger partial charge in [-0.05, 0) is 37.6 Å². The lowest BCUT2D eigenvalue weighted by atomic mass is 9.93. The largest absolute Gasteiger partial charge is 0.494 e. The van der Waals surface area contributed by atoms with Gasteiger partial charge in [0, 0.05) is 30.8 Å². The van der Waals surface area contributed by atoms with E-state index < -0.39 is 12.0 Å². The van der Waals surface area contributed by atoms with Crippen LogP contribution in [0.15, 0.2) is 86.5 Å². The molecule has 216 valence electrons. The number of carbonyl (C=O) groups excluding carboxylic acids is 1. The Balaban J connectivity index is 1.53. The second kappa shape index (κ2) is 12.2. The molecule has 1 fully saturated rings. The number of nitrogens with zero attached hydrogens (tertiary/aromatic N) is 3. The molecular weight excluding hydrogens is 554 g/mol. The van der Waals surface area contributed by atoms with Gasteiger partial charge in [0.1, 0.15) is 11.5 Å². The molecule has 10 heteroatoms. The molecule has 0 amide bonds. The number of morpholine rings is 1. The van der Waals surface area contributed by atoms with Crippen LogP contribution in [-0.2, 0) is 14.3 Å². The normalized spacial score (nSPS) is 17.1. The van der Waals surface area contributed by atoms with Gasteiger partial charge in [-0.15, -0.1) is 0 Å². The summed E-state index contributed by atoms with van der Waals surface area (Å²) in [4.78, 5) is 35.1. The summed E-state index contributed by atoms with van der Waals surface area (Å²) >= 11 is 1.26. The van der Waals surface area contributed by atoms with E-state index >= 15 is 0 Å². The van der Waals surface area contributed by atoms with Crippen molar-refractivity contribution in [3.63, 3.8) is 0 Å². The molecule has 0 saturated carbocycles. The third-order valence-corrected chi connectivity index (χ3v) is 8.07. The molecule has 2 aliphatic heterocycles. The Morgan fingerprint density at radius 3 is 2.50 bits per heavy atom. The molecule has 1 atom stereocenters. The standard InChI is InChI=1S/C32H31N3O6S/c1-3-39-23-12-10-22(11-13-23)29-27(31(37)40-4-2)28(21-8-6-5-7-9-21)33-32-35(29)30(36)25(42-32)20-24-14-15-26(41-24)34-16-18-38-19-17-34/h5-15,20,29H,3-4,16-19H2,1-2H3. The topological polar surface area (TPSA) is 95.5 Å². The number of carbonyl (C=O) groups is 1. The molecule has 0 aliphatic carbocycles. The number of ether oxygens (including phenoxy) is 3. The highest BCUT2D eigenvalue weighted by atomic mass is 32.1. The van der Waals surface area contributed by atoms with Gasteiger partial charge in [0.05, 0.1) is 48.3 Å². The average molecular weight is 586 g/mol. The first-order valence-electron chi connectivity index (χ1n) is 14.0. The molecule has 0 N–H and O–H groups in total. The Bertz CT molecular complexity index is 1780. The Kier molecular flexibility index (Phi) is 8.07. The quantitative estimate of drug-likeness (QED) is 0.291. The third kappa shape index (κ3) is 5.43. The molecule has 0 bridgehead atoms. The molecule has 1 unspecified atom stereocenters. The maximum Gasteiger partial charge on any atom is 0.338 e. The number of hydrogen-bond donors (Lipinski definition) is 0. The van der Waals surface area contributed by atoms with Gasteiger partial charge in [0.2, 0.25) is 0 Å². The van der Waals surface area contributed by atoms with Crippen LogP contribution in [0.25, 0.3) is 11.8 Å². The lowest BCUT2D eigenvalue weighted by molar-refractivity contribution is -0.138. The fourth-order valence-electron chi connectivity index (χ4n) is 5.17. The van der Waals surface area contributed by atoms with Crippen LogP contribution in [0.4, 0.5) is 5.88 Å². The summed E-state index contributed by atoms with van der Waals surface area (Å²) < 4.78 is 24.7. The van der Waals surface area contributed by atoms with Gasteiger partial charge in [0.25, 0.3) is 5.56 Å². The van der Waals surface area contributed by atoms with E-state index in [4.69, 9.17) is 23.6 Å². The zero-order chi connectivity index (χ0) is 29.1. The van der Waals surface area contributed by atoms with Crippen molar-refractivity contribution in [2.75, 3.05) is 44.4 Å². The molecule has 0 spiro atoms. The average Bonchev–Trinajstić information content (AvgIpc) is 3.62. The first-order valence-corrected chi connectivity index (χ1v) is 14.8. The zero-order valence-corrected chi connectivity index (χ0v) is 24.3. The van der Waals surface area contributed by atoms with Crippen molar-refractivity contribution in [3.8, 4) is 5.75 Å². The lowest BCUT2D eigenvalue weighted by Gasteiger charge is -2.26. The molecule has 2 aromatic heterocycles. The minimum Gasteiger partial charge on any atom is -0.494 e. The summed E-state index contributed by atoms with van der Waals surface area (Å²) in [5.41, 5.74) is 2.02. The third-order valence-electron chi connectivity index (χ3n) is 7.09. The van der Waals surface area contributed by atoms with Crippen LogP contribution in [-0.4, -0.2) is 50.1 Å². The fraction of sp³-hybridized carbons (Fsp3) is 0.281.